The van der Waals surface area contributed by atoms with Crippen molar-refractivity contribution in [2.75, 3.05) is 37.6 Å². The molecule has 0 saturated carbocycles. The van der Waals surface area contributed by atoms with Gasteiger partial charge in [-0.2, -0.15) is 4.37 Å². The second-order valence-corrected chi connectivity index (χ2v) is 8.96. The SMILES string of the molecule is O=C1CC2C=C(CCN3CCN(c4nsc5ccccc45)CC3)C(Cl)=CC2N1. The number of hydrogen-bond donors (Lipinski definition) is 1. The number of amides is 1. The fourth-order valence-electron chi connectivity index (χ4n) is 4.39. The third kappa shape index (κ3) is 3.45. The number of benzene rings is 1. The summed E-state index contributed by atoms with van der Waals surface area (Å²) < 4.78 is 5.95. The van der Waals surface area contributed by atoms with Crippen LogP contribution in [0.4, 0.5) is 5.82 Å². The van der Waals surface area contributed by atoms with E-state index in [1.54, 1.807) is 11.5 Å². The molecule has 2 atom stereocenters. The Hall–Kier alpha value is -1.89. The summed E-state index contributed by atoms with van der Waals surface area (Å²) in [6.07, 6.45) is 5.74. The summed E-state index contributed by atoms with van der Waals surface area (Å²) in [7, 11) is 0. The topological polar surface area (TPSA) is 48.5 Å². The Kier molecular flexibility index (Phi) is 4.87. The van der Waals surface area contributed by atoms with Crippen molar-refractivity contribution in [3.05, 3.63) is 47.0 Å². The van der Waals surface area contributed by atoms with Gasteiger partial charge in [-0.25, -0.2) is 0 Å². The molecule has 5 nitrogen and oxygen atoms in total. The highest BCUT2D eigenvalue weighted by molar-refractivity contribution is 7.13. The van der Waals surface area contributed by atoms with Crippen LogP contribution < -0.4 is 10.2 Å². The van der Waals surface area contributed by atoms with Gasteiger partial charge in [0.15, 0.2) is 0 Å². The Labute approximate surface area is 173 Å². The summed E-state index contributed by atoms with van der Waals surface area (Å²) in [5.41, 5.74) is 1.19. The van der Waals surface area contributed by atoms with Crippen molar-refractivity contribution in [3.63, 3.8) is 0 Å². The molecule has 3 heterocycles. The number of allylic oxidation sites excluding steroid dienone is 1. The number of rotatable bonds is 4. The first-order chi connectivity index (χ1) is 13.7. The number of nitrogens with one attached hydrogen (secondary N) is 1. The van der Waals surface area contributed by atoms with Crippen LogP contribution in [0.25, 0.3) is 10.1 Å². The lowest BCUT2D eigenvalue weighted by atomic mass is 9.91. The Morgan fingerprint density at radius 3 is 2.86 bits per heavy atom. The van der Waals surface area contributed by atoms with E-state index in [4.69, 9.17) is 16.0 Å². The molecule has 0 spiro atoms. The Bertz CT molecular complexity index is 960. The van der Waals surface area contributed by atoms with Gasteiger partial charge in [0.2, 0.25) is 5.91 Å². The highest BCUT2D eigenvalue weighted by Crippen LogP contribution is 2.33. The summed E-state index contributed by atoms with van der Waals surface area (Å²) in [6, 6.07) is 8.55. The van der Waals surface area contributed by atoms with Crippen LogP contribution in [-0.2, 0) is 4.79 Å². The van der Waals surface area contributed by atoms with E-state index in [0.717, 1.165) is 50.0 Å². The number of fused-ring (bicyclic) bond motifs is 2. The van der Waals surface area contributed by atoms with Gasteiger partial charge >= 0.3 is 0 Å². The number of carbonyl (C=O) groups excluding carboxylic acids is 1. The van der Waals surface area contributed by atoms with Crippen LogP contribution in [0.1, 0.15) is 12.8 Å². The van der Waals surface area contributed by atoms with Crippen molar-refractivity contribution >= 4 is 44.9 Å². The van der Waals surface area contributed by atoms with Crippen LogP contribution in [0, 0.1) is 5.92 Å². The van der Waals surface area contributed by atoms with Crippen molar-refractivity contribution in [1.82, 2.24) is 14.6 Å². The fourth-order valence-corrected chi connectivity index (χ4v) is 5.48. The predicted molar refractivity (Wildman–Crippen MR) is 115 cm³/mol. The Morgan fingerprint density at radius 2 is 2.00 bits per heavy atom. The van der Waals surface area contributed by atoms with Gasteiger partial charge in [-0.05, 0) is 41.7 Å². The van der Waals surface area contributed by atoms with Crippen LogP contribution in [0.5, 0.6) is 0 Å². The number of anilines is 1. The number of nitrogens with zero attached hydrogens (tertiary/aromatic N) is 3. The second-order valence-electron chi connectivity index (χ2n) is 7.75. The highest BCUT2D eigenvalue weighted by atomic mass is 35.5. The lowest BCUT2D eigenvalue weighted by molar-refractivity contribution is -0.119. The molecule has 1 aromatic heterocycles. The van der Waals surface area contributed by atoms with E-state index in [2.05, 4.69) is 45.5 Å². The Morgan fingerprint density at radius 1 is 1.18 bits per heavy atom. The number of aromatic nitrogens is 1. The summed E-state index contributed by atoms with van der Waals surface area (Å²) in [5.74, 6) is 1.52. The minimum Gasteiger partial charge on any atom is -0.353 e. The molecule has 5 rings (SSSR count). The van der Waals surface area contributed by atoms with Crippen LogP contribution in [0.15, 0.2) is 47.0 Å². The number of carbonyl (C=O) groups is 1. The monoisotopic (exact) mass is 414 g/mol. The molecule has 3 aliphatic rings. The van der Waals surface area contributed by atoms with Crippen molar-refractivity contribution in [1.29, 1.82) is 0 Å². The van der Waals surface area contributed by atoms with E-state index in [9.17, 15) is 4.79 Å². The molecule has 2 saturated heterocycles. The maximum atomic E-state index is 11.6. The van der Waals surface area contributed by atoms with E-state index in [-0.39, 0.29) is 17.9 Å². The van der Waals surface area contributed by atoms with E-state index in [1.807, 2.05) is 6.08 Å². The molecule has 0 bridgehead atoms. The largest absolute Gasteiger partial charge is 0.353 e. The first-order valence-electron chi connectivity index (χ1n) is 9.87. The molecule has 146 valence electrons. The van der Waals surface area contributed by atoms with Gasteiger partial charge in [-0.1, -0.05) is 29.8 Å². The highest BCUT2D eigenvalue weighted by Gasteiger charge is 2.33. The first kappa shape index (κ1) is 18.2. The molecule has 2 fully saturated rings. The number of hydrogen-bond acceptors (Lipinski definition) is 5. The van der Waals surface area contributed by atoms with Crippen molar-refractivity contribution in [3.8, 4) is 0 Å². The van der Waals surface area contributed by atoms with E-state index in [0.29, 0.717) is 6.42 Å². The van der Waals surface area contributed by atoms with E-state index >= 15 is 0 Å². The van der Waals surface area contributed by atoms with Crippen LogP contribution >= 0.6 is 23.1 Å². The average Bonchev–Trinajstić information content (AvgIpc) is 3.29. The molecule has 2 unspecified atom stereocenters. The van der Waals surface area contributed by atoms with Gasteiger partial charge in [0, 0.05) is 55.5 Å². The summed E-state index contributed by atoms with van der Waals surface area (Å²) in [5, 5.41) is 5.04. The van der Waals surface area contributed by atoms with Crippen molar-refractivity contribution < 1.29 is 4.79 Å². The Balaban J connectivity index is 1.17. The fraction of sp³-hybridized carbons (Fsp3) is 0.429. The third-order valence-corrected chi connectivity index (χ3v) is 7.17. The molecule has 1 aliphatic carbocycles. The van der Waals surface area contributed by atoms with Gasteiger partial charge in [0.1, 0.15) is 5.82 Å². The van der Waals surface area contributed by atoms with E-state index < -0.39 is 0 Å². The lowest BCUT2D eigenvalue weighted by Gasteiger charge is -2.35. The summed E-state index contributed by atoms with van der Waals surface area (Å²) >= 11 is 8.05. The number of halogens is 1. The quantitative estimate of drug-likeness (QED) is 0.833. The molecule has 1 N–H and O–H groups in total. The molecule has 2 aliphatic heterocycles. The van der Waals surface area contributed by atoms with Crippen LogP contribution in [-0.4, -0.2) is 53.9 Å². The number of piperazine rings is 1. The van der Waals surface area contributed by atoms with Gasteiger partial charge in [0.25, 0.3) is 0 Å². The maximum Gasteiger partial charge on any atom is 0.221 e. The molecular weight excluding hydrogens is 392 g/mol. The van der Waals surface area contributed by atoms with E-state index in [1.165, 1.54) is 15.7 Å². The normalized spacial score (nSPS) is 25.5. The molecular formula is C21H23ClN4OS. The molecule has 2 aromatic rings. The zero-order chi connectivity index (χ0) is 19.1. The third-order valence-electron chi connectivity index (χ3n) is 5.99. The lowest BCUT2D eigenvalue weighted by Crippen LogP contribution is -2.46. The first-order valence-corrected chi connectivity index (χ1v) is 11.0. The van der Waals surface area contributed by atoms with Gasteiger partial charge < -0.3 is 10.2 Å². The zero-order valence-electron chi connectivity index (χ0n) is 15.6. The molecule has 28 heavy (non-hydrogen) atoms. The molecule has 1 aromatic carbocycles. The molecule has 1 amide bonds. The minimum absolute atomic E-state index is 0.0835. The van der Waals surface area contributed by atoms with Crippen LogP contribution in [0.3, 0.4) is 0 Å². The van der Waals surface area contributed by atoms with Crippen LogP contribution in [0.2, 0.25) is 0 Å². The smallest absolute Gasteiger partial charge is 0.221 e. The van der Waals surface area contributed by atoms with Gasteiger partial charge in [-0.15, -0.1) is 0 Å². The summed E-state index contributed by atoms with van der Waals surface area (Å²) in [4.78, 5) is 16.5. The van der Waals surface area contributed by atoms with Gasteiger partial charge in [-0.3, -0.25) is 9.69 Å². The van der Waals surface area contributed by atoms with Crippen molar-refractivity contribution in [2.24, 2.45) is 5.92 Å². The molecule has 0 radical (unpaired) electrons. The standard InChI is InChI=1S/C21H23ClN4OS/c22-17-13-18-15(12-20(27)23-18)11-14(17)5-6-25-7-9-26(10-8-25)21-16-3-1-2-4-19(16)28-24-21/h1-4,11,13,15,18H,5-10,12H2,(H,23,27). The maximum absolute atomic E-state index is 11.6. The van der Waals surface area contributed by atoms with Gasteiger partial charge in [0.05, 0.1) is 10.7 Å². The zero-order valence-corrected chi connectivity index (χ0v) is 17.2. The predicted octanol–water partition coefficient (Wildman–Crippen LogP) is 3.38. The minimum atomic E-state index is 0.0835. The molecule has 7 heteroatoms. The van der Waals surface area contributed by atoms with Crippen molar-refractivity contribution in [2.45, 2.75) is 18.9 Å². The second kappa shape index (κ2) is 7.50. The summed E-state index contributed by atoms with van der Waals surface area (Å²) in [6.45, 7) is 5.07. The average molecular weight is 415 g/mol.